The molecule has 2 N–H and O–H groups in total. The van der Waals surface area contributed by atoms with Crippen LogP contribution in [0.4, 0.5) is 5.95 Å². The molecule has 1 aromatic heterocycles. The van der Waals surface area contributed by atoms with Gasteiger partial charge >= 0.3 is 0 Å². The number of hydrogen-bond donors (Lipinski definition) is 2. The number of benzene rings is 2. The van der Waals surface area contributed by atoms with Crippen LogP contribution < -0.4 is 5.32 Å². The molecule has 0 amide bonds. The van der Waals surface area contributed by atoms with Gasteiger partial charge in [0.1, 0.15) is 5.52 Å². The first-order valence-corrected chi connectivity index (χ1v) is 6.75. The minimum Gasteiger partial charge on any atom is -0.394 e. The molecule has 0 aliphatic carbocycles. The monoisotopic (exact) mass is 280 g/mol. The SMILES string of the molecule is CC(CO)(Nc1nnc2ccccc2n1)c1ccccc1. The van der Waals surface area contributed by atoms with Crippen molar-refractivity contribution in [1.82, 2.24) is 15.2 Å². The Morgan fingerprint density at radius 3 is 2.33 bits per heavy atom. The maximum Gasteiger partial charge on any atom is 0.244 e. The average molecular weight is 280 g/mol. The van der Waals surface area contributed by atoms with E-state index in [1.807, 2.05) is 61.5 Å². The van der Waals surface area contributed by atoms with Gasteiger partial charge in [-0.3, -0.25) is 0 Å². The number of aromatic nitrogens is 3. The molecular formula is C16H16N4O. The van der Waals surface area contributed by atoms with Crippen molar-refractivity contribution in [1.29, 1.82) is 0 Å². The maximum atomic E-state index is 9.77. The van der Waals surface area contributed by atoms with Gasteiger partial charge in [0.2, 0.25) is 5.95 Å². The Hall–Kier alpha value is -2.53. The Morgan fingerprint density at radius 1 is 0.952 bits per heavy atom. The van der Waals surface area contributed by atoms with Crippen molar-refractivity contribution in [2.75, 3.05) is 11.9 Å². The minimum absolute atomic E-state index is 0.0762. The predicted molar refractivity (Wildman–Crippen MR) is 81.8 cm³/mol. The molecular weight excluding hydrogens is 264 g/mol. The second-order valence-corrected chi connectivity index (χ2v) is 5.11. The molecule has 1 atom stereocenters. The van der Waals surface area contributed by atoms with Crippen LogP contribution >= 0.6 is 0 Å². The van der Waals surface area contributed by atoms with Gasteiger partial charge in [-0.1, -0.05) is 42.5 Å². The summed E-state index contributed by atoms with van der Waals surface area (Å²) in [4.78, 5) is 4.44. The molecule has 5 heteroatoms. The predicted octanol–water partition coefficient (Wildman–Crippen LogP) is 2.34. The maximum absolute atomic E-state index is 9.77. The van der Waals surface area contributed by atoms with E-state index < -0.39 is 5.54 Å². The zero-order valence-electron chi connectivity index (χ0n) is 11.7. The lowest BCUT2D eigenvalue weighted by Gasteiger charge is -2.29. The fraction of sp³-hybridized carbons (Fsp3) is 0.188. The molecule has 3 aromatic rings. The quantitative estimate of drug-likeness (QED) is 0.767. The molecule has 3 rings (SSSR count). The molecule has 0 radical (unpaired) electrons. The second-order valence-electron chi connectivity index (χ2n) is 5.11. The van der Waals surface area contributed by atoms with Crippen molar-refractivity contribution in [2.45, 2.75) is 12.5 Å². The highest BCUT2D eigenvalue weighted by Crippen LogP contribution is 2.24. The molecule has 21 heavy (non-hydrogen) atoms. The van der Waals surface area contributed by atoms with Crippen LogP contribution in [-0.2, 0) is 5.54 Å². The molecule has 106 valence electrons. The number of nitrogens with zero attached hydrogens (tertiary/aromatic N) is 3. The smallest absolute Gasteiger partial charge is 0.244 e. The van der Waals surface area contributed by atoms with Gasteiger partial charge in [0.05, 0.1) is 17.7 Å². The number of para-hydroxylation sites is 1. The third-order valence-corrected chi connectivity index (χ3v) is 3.48. The highest BCUT2D eigenvalue weighted by atomic mass is 16.3. The van der Waals surface area contributed by atoms with Gasteiger partial charge in [-0.2, -0.15) is 0 Å². The molecule has 1 unspecified atom stereocenters. The highest BCUT2D eigenvalue weighted by molar-refractivity contribution is 5.74. The molecule has 5 nitrogen and oxygen atoms in total. The molecule has 0 aliphatic heterocycles. The Bertz CT molecular complexity index is 747. The van der Waals surface area contributed by atoms with Crippen LogP contribution in [0.2, 0.25) is 0 Å². The van der Waals surface area contributed by atoms with Crippen LogP contribution in [0.3, 0.4) is 0 Å². The van der Waals surface area contributed by atoms with Crippen molar-refractivity contribution in [3.8, 4) is 0 Å². The lowest BCUT2D eigenvalue weighted by atomic mass is 9.93. The van der Waals surface area contributed by atoms with Gasteiger partial charge in [0, 0.05) is 0 Å². The van der Waals surface area contributed by atoms with E-state index in [0.717, 1.165) is 16.6 Å². The lowest BCUT2D eigenvalue weighted by molar-refractivity contribution is 0.223. The first kappa shape index (κ1) is 13.5. The van der Waals surface area contributed by atoms with Crippen LogP contribution in [0.15, 0.2) is 54.6 Å². The van der Waals surface area contributed by atoms with Gasteiger partial charge in [0.25, 0.3) is 0 Å². The van der Waals surface area contributed by atoms with E-state index in [9.17, 15) is 5.11 Å². The summed E-state index contributed by atoms with van der Waals surface area (Å²) in [5.41, 5.74) is 1.81. The van der Waals surface area contributed by atoms with Crippen LogP contribution in [0.25, 0.3) is 11.0 Å². The Labute approximate surface area is 122 Å². The number of hydrogen-bond acceptors (Lipinski definition) is 5. The summed E-state index contributed by atoms with van der Waals surface area (Å²) in [5.74, 6) is 0.397. The van der Waals surface area contributed by atoms with Crippen LogP contribution in [0.5, 0.6) is 0 Å². The third kappa shape index (κ3) is 2.68. The van der Waals surface area contributed by atoms with Gasteiger partial charge < -0.3 is 10.4 Å². The standard InChI is InChI=1S/C16H16N4O/c1-16(11-21,12-7-3-2-4-8-12)18-15-17-13-9-5-6-10-14(13)19-20-15/h2-10,21H,11H2,1H3,(H,17,18,20). The number of rotatable bonds is 4. The van der Waals surface area contributed by atoms with E-state index in [2.05, 4.69) is 20.5 Å². The van der Waals surface area contributed by atoms with E-state index in [4.69, 9.17) is 0 Å². The van der Waals surface area contributed by atoms with Crippen LogP contribution in [-0.4, -0.2) is 26.9 Å². The lowest BCUT2D eigenvalue weighted by Crippen LogP contribution is -2.36. The molecule has 2 aromatic carbocycles. The van der Waals surface area contributed by atoms with Gasteiger partial charge in [-0.05, 0) is 24.6 Å². The normalized spacial score (nSPS) is 13.8. The topological polar surface area (TPSA) is 70.9 Å². The summed E-state index contributed by atoms with van der Waals surface area (Å²) < 4.78 is 0. The molecule has 0 spiro atoms. The van der Waals surface area contributed by atoms with Crippen molar-refractivity contribution < 1.29 is 5.11 Å². The van der Waals surface area contributed by atoms with Gasteiger partial charge in [0.15, 0.2) is 0 Å². The van der Waals surface area contributed by atoms with E-state index in [-0.39, 0.29) is 6.61 Å². The molecule has 0 saturated heterocycles. The van der Waals surface area contributed by atoms with Crippen molar-refractivity contribution in [2.24, 2.45) is 0 Å². The molecule has 0 bridgehead atoms. The molecule has 1 heterocycles. The van der Waals surface area contributed by atoms with E-state index >= 15 is 0 Å². The Kier molecular flexibility index (Phi) is 3.50. The summed E-state index contributed by atoms with van der Waals surface area (Å²) in [5, 5.41) is 21.2. The number of aliphatic hydroxyl groups excluding tert-OH is 1. The first-order chi connectivity index (χ1) is 10.2. The number of anilines is 1. The number of aliphatic hydroxyl groups is 1. The van der Waals surface area contributed by atoms with E-state index in [0.29, 0.717) is 5.95 Å². The second kappa shape index (κ2) is 5.46. The third-order valence-electron chi connectivity index (χ3n) is 3.48. The van der Waals surface area contributed by atoms with Crippen molar-refractivity contribution >= 4 is 17.0 Å². The first-order valence-electron chi connectivity index (χ1n) is 6.75. The number of nitrogens with one attached hydrogen (secondary N) is 1. The van der Waals surface area contributed by atoms with Gasteiger partial charge in [-0.15, -0.1) is 10.2 Å². The molecule has 0 fully saturated rings. The summed E-state index contributed by atoms with van der Waals surface area (Å²) in [6.45, 7) is 1.83. The van der Waals surface area contributed by atoms with Crippen LogP contribution in [0.1, 0.15) is 12.5 Å². The van der Waals surface area contributed by atoms with E-state index in [1.54, 1.807) is 0 Å². The summed E-state index contributed by atoms with van der Waals surface area (Å²) >= 11 is 0. The Morgan fingerprint density at radius 2 is 1.62 bits per heavy atom. The summed E-state index contributed by atoms with van der Waals surface area (Å²) in [6, 6.07) is 17.3. The van der Waals surface area contributed by atoms with Crippen molar-refractivity contribution in [3.63, 3.8) is 0 Å². The molecule has 0 saturated carbocycles. The van der Waals surface area contributed by atoms with Crippen molar-refractivity contribution in [3.05, 3.63) is 60.2 Å². The summed E-state index contributed by atoms with van der Waals surface area (Å²) in [6.07, 6.45) is 0. The molecule has 0 aliphatic rings. The highest BCUT2D eigenvalue weighted by Gasteiger charge is 2.26. The summed E-state index contributed by atoms with van der Waals surface area (Å²) in [7, 11) is 0. The fourth-order valence-corrected chi connectivity index (χ4v) is 2.19. The number of fused-ring (bicyclic) bond motifs is 1. The zero-order valence-corrected chi connectivity index (χ0v) is 11.7. The Balaban J connectivity index is 1.95. The zero-order chi connectivity index (χ0) is 14.7. The van der Waals surface area contributed by atoms with E-state index in [1.165, 1.54) is 0 Å². The van der Waals surface area contributed by atoms with Gasteiger partial charge in [-0.25, -0.2) is 4.98 Å². The largest absolute Gasteiger partial charge is 0.394 e. The van der Waals surface area contributed by atoms with Crippen LogP contribution in [0, 0.1) is 0 Å². The average Bonchev–Trinajstić information content (AvgIpc) is 2.55. The minimum atomic E-state index is -0.661. The fourth-order valence-electron chi connectivity index (χ4n) is 2.19.